The summed E-state index contributed by atoms with van der Waals surface area (Å²) in [6, 6.07) is 5.30. The number of carbonyl (C=O) groups excluding carboxylic acids is 3. The Morgan fingerprint density at radius 3 is 2.75 bits per heavy atom. The average Bonchev–Trinajstić information content (AvgIpc) is 3.13. The van der Waals surface area contributed by atoms with Crippen LogP contribution in [0.15, 0.2) is 24.4 Å². The number of amides is 3. The highest BCUT2D eigenvalue weighted by atomic mass is 32.1. The zero-order valence-electron chi connectivity index (χ0n) is 12.8. The lowest BCUT2D eigenvalue weighted by Gasteiger charge is -2.07. The van der Waals surface area contributed by atoms with E-state index in [0.717, 1.165) is 29.7 Å². The maximum Gasteiger partial charge on any atom is 0.314 e. The van der Waals surface area contributed by atoms with Gasteiger partial charge >= 0.3 is 11.8 Å². The van der Waals surface area contributed by atoms with Crippen molar-refractivity contribution in [3.8, 4) is 0 Å². The van der Waals surface area contributed by atoms with Crippen LogP contribution in [0.5, 0.6) is 0 Å². The van der Waals surface area contributed by atoms with Gasteiger partial charge in [0.15, 0.2) is 0 Å². The third-order valence-electron chi connectivity index (χ3n) is 3.76. The van der Waals surface area contributed by atoms with Gasteiger partial charge in [-0.2, -0.15) is 0 Å². The molecule has 0 aromatic carbocycles. The van der Waals surface area contributed by atoms with Gasteiger partial charge in [0.1, 0.15) is 5.00 Å². The van der Waals surface area contributed by atoms with Crippen molar-refractivity contribution in [3.05, 3.63) is 46.1 Å². The van der Waals surface area contributed by atoms with E-state index in [4.69, 9.17) is 5.73 Å². The number of hydrogen-bond acceptors (Lipinski definition) is 5. The van der Waals surface area contributed by atoms with Crippen LogP contribution in [0.2, 0.25) is 0 Å². The average molecular weight is 344 g/mol. The third-order valence-corrected chi connectivity index (χ3v) is 4.96. The summed E-state index contributed by atoms with van der Waals surface area (Å²) in [7, 11) is 0. The lowest BCUT2D eigenvalue weighted by molar-refractivity contribution is -0.136. The van der Waals surface area contributed by atoms with Crippen molar-refractivity contribution in [2.45, 2.75) is 25.8 Å². The van der Waals surface area contributed by atoms with Crippen molar-refractivity contribution >= 4 is 34.1 Å². The first-order valence-corrected chi connectivity index (χ1v) is 8.31. The summed E-state index contributed by atoms with van der Waals surface area (Å²) in [5.74, 6) is -2.20. The molecule has 7 nitrogen and oxygen atoms in total. The van der Waals surface area contributed by atoms with Crippen LogP contribution in [-0.4, -0.2) is 22.7 Å². The first-order valence-electron chi connectivity index (χ1n) is 7.49. The van der Waals surface area contributed by atoms with E-state index < -0.39 is 17.7 Å². The van der Waals surface area contributed by atoms with Gasteiger partial charge in [-0.15, -0.1) is 11.3 Å². The summed E-state index contributed by atoms with van der Waals surface area (Å²) in [6.45, 7) is 0.150. The van der Waals surface area contributed by atoms with Gasteiger partial charge < -0.3 is 16.4 Å². The third kappa shape index (κ3) is 3.28. The quantitative estimate of drug-likeness (QED) is 0.717. The Bertz CT molecular complexity index is 801. The molecule has 0 radical (unpaired) electrons. The molecule has 1 aliphatic carbocycles. The smallest absolute Gasteiger partial charge is 0.314 e. The molecule has 4 N–H and O–H groups in total. The molecule has 3 amide bonds. The summed E-state index contributed by atoms with van der Waals surface area (Å²) in [5, 5.41) is 5.35. The van der Waals surface area contributed by atoms with Crippen LogP contribution >= 0.6 is 11.3 Å². The van der Waals surface area contributed by atoms with Crippen LogP contribution in [0.1, 0.15) is 32.9 Å². The molecule has 3 rings (SSSR count). The molecule has 0 bridgehead atoms. The molecule has 0 atom stereocenters. The molecule has 0 aliphatic heterocycles. The molecule has 0 saturated heterocycles. The molecular formula is C16H16N4O3S. The first kappa shape index (κ1) is 16.1. The van der Waals surface area contributed by atoms with Crippen LogP contribution in [0, 0.1) is 0 Å². The number of nitrogens with one attached hydrogen (secondary N) is 2. The largest absolute Gasteiger partial charge is 0.365 e. The molecule has 0 unspecified atom stereocenters. The molecule has 124 valence electrons. The first-order chi connectivity index (χ1) is 11.6. The fourth-order valence-electron chi connectivity index (χ4n) is 2.67. The van der Waals surface area contributed by atoms with Gasteiger partial charge in [-0.1, -0.05) is 6.07 Å². The zero-order chi connectivity index (χ0) is 17.1. The number of aryl methyl sites for hydroxylation is 1. The van der Waals surface area contributed by atoms with Crippen LogP contribution in [0.3, 0.4) is 0 Å². The van der Waals surface area contributed by atoms with E-state index in [-0.39, 0.29) is 6.54 Å². The van der Waals surface area contributed by atoms with Crippen LogP contribution in [0.25, 0.3) is 0 Å². The van der Waals surface area contributed by atoms with Gasteiger partial charge in [-0.3, -0.25) is 19.4 Å². The number of pyridine rings is 1. The minimum atomic E-state index is -0.826. The van der Waals surface area contributed by atoms with E-state index in [2.05, 4.69) is 15.6 Å². The number of thiophene rings is 1. The fraction of sp³-hybridized carbons (Fsp3) is 0.250. The molecule has 2 aromatic rings. The fourth-order valence-corrected chi connectivity index (χ4v) is 3.96. The van der Waals surface area contributed by atoms with Crippen molar-refractivity contribution in [1.82, 2.24) is 10.3 Å². The predicted octanol–water partition coefficient (Wildman–Crippen LogP) is 0.986. The van der Waals surface area contributed by atoms with Crippen LogP contribution in [0.4, 0.5) is 5.00 Å². The Labute approximate surface area is 142 Å². The van der Waals surface area contributed by atoms with Gasteiger partial charge in [0, 0.05) is 11.1 Å². The highest BCUT2D eigenvalue weighted by Crippen LogP contribution is 2.38. The Balaban J connectivity index is 1.66. The minimum absolute atomic E-state index is 0.150. The summed E-state index contributed by atoms with van der Waals surface area (Å²) in [5.41, 5.74) is 7.30. The number of nitrogens with two attached hydrogens (primary N) is 1. The Morgan fingerprint density at radius 1 is 1.21 bits per heavy atom. The lowest BCUT2D eigenvalue weighted by atomic mass is 10.1. The van der Waals surface area contributed by atoms with Crippen LogP contribution < -0.4 is 16.4 Å². The molecule has 24 heavy (non-hydrogen) atoms. The van der Waals surface area contributed by atoms with Gasteiger partial charge in [-0.25, -0.2) is 0 Å². The second-order valence-corrected chi connectivity index (χ2v) is 6.49. The molecule has 8 heteroatoms. The second-order valence-electron chi connectivity index (χ2n) is 5.38. The van der Waals surface area contributed by atoms with Gasteiger partial charge in [-0.05, 0) is 37.0 Å². The monoisotopic (exact) mass is 344 g/mol. The van der Waals surface area contributed by atoms with E-state index in [9.17, 15) is 14.4 Å². The molecule has 0 saturated carbocycles. The standard InChI is InChI=1S/C16H16N4O3S/c17-13(21)12-10-5-3-6-11(10)24-16(12)20-15(23)14(22)19-8-9-4-1-2-7-18-9/h1-2,4,7H,3,5-6,8H2,(H2,17,21)(H,19,22)(H,20,23). The van der Waals surface area contributed by atoms with E-state index in [1.165, 1.54) is 11.3 Å². The number of rotatable bonds is 4. The van der Waals surface area contributed by atoms with Crippen LogP contribution in [-0.2, 0) is 29.0 Å². The predicted molar refractivity (Wildman–Crippen MR) is 89.6 cm³/mol. The normalized spacial score (nSPS) is 12.5. The number of hydrogen-bond donors (Lipinski definition) is 3. The topological polar surface area (TPSA) is 114 Å². The van der Waals surface area contributed by atoms with Gasteiger partial charge in [0.05, 0.1) is 17.8 Å². The SMILES string of the molecule is NC(=O)c1c(NC(=O)C(=O)NCc2ccccn2)sc2c1CCC2. The number of nitrogens with zero attached hydrogens (tertiary/aromatic N) is 1. The number of primary amides is 1. The second kappa shape index (κ2) is 6.79. The molecule has 2 aromatic heterocycles. The molecule has 2 heterocycles. The van der Waals surface area contributed by atoms with Crippen molar-refractivity contribution in [2.24, 2.45) is 5.73 Å². The van der Waals surface area contributed by atoms with Crippen molar-refractivity contribution in [3.63, 3.8) is 0 Å². The number of carbonyl (C=O) groups is 3. The lowest BCUT2D eigenvalue weighted by Crippen LogP contribution is -2.35. The summed E-state index contributed by atoms with van der Waals surface area (Å²) < 4.78 is 0. The highest BCUT2D eigenvalue weighted by Gasteiger charge is 2.27. The molecule has 0 spiro atoms. The van der Waals surface area contributed by atoms with Gasteiger partial charge in [0.25, 0.3) is 5.91 Å². The van der Waals surface area contributed by atoms with E-state index in [1.807, 2.05) is 0 Å². The number of fused-ring (bicyclic) bond motifs is 1. The van der Waals surface area contributed by atoms with E-state index in [0.29, 0.717) is 16.3 Å². The van der Waals surface area contributed by atoms with E-state index >= 15 is 0 Å². The Hall–Kier alpha value is -2.74. The molecule has 1 aliphatic rings. The van der Waals surface area contributed by atoms with Gasteiger partial charge in [0.2, 0.25) is 0 Å². The Morgan fingerprint density at radius 2 is 2.04 bits per heavy atom. The molecular weight excluding hydrogens is 328 g/mol. The summed E-state index contributed by atoms with van der Waals surface area (Å²) >= 11 is 1.31. The molecule has 0 fully saturated rings. The number of aromatic nitrogens is 1. The number of anilines is 1. The van der Waals surface area contributed by atoms with Crippen molar-refractivity contribution in [1.29, 1.82) is 0 Å². The van der Waals surface area contributed by atoms with Crippen molar-refractivity contribution in [2.75, 3.05) is 5.32 Å². The highest BCUT2D eigenvalue weighted by molar-refractivity contribution is 7.17. The maximum absolute atomic E-state index is 12.0. The zero-order valence-corrected chi connectivity index (χ0v) is 13.6. The summed E-state index contributed by atoms with van der Waals surface area (Å²) in [6.07, 6.45) is 4.21. The minimum Gasteiger partial charge on any atom is -0.365 e. The summed E-state index contributed by atoms with van der Waals surface area (Å²) in [4.78, 5) is 40.7. The Kier molecular flexibility index (Phi) is 4.57. The van der Waals surface area contributed by atoms with E-state index in [1.54, 1.807) is 24.4 Å². The van der Waals surface area contributed by atoms with Crippen molar-refractivity contribution < 1.29 is 14.4 Å². The maximum atomic E-state index is 12.0.